The molecule has 0 aliphatic carbocycles. The monoisotopic (exact) mass is 564 g/mol. The van der Waals surface area contributed by atoms with Gasteiger partial charge in [0.2, 0.25) is 0 Å². The van der Waals surface area contributed by atoms with Crippen LogP contribution < -0.4 is 4.31 Å². The summed E-state index contributed by atoms with van der Waals surface area (Å²) in [4.78, 5) is 16.2. The van der Waals surface area contributed by atoms with Crippen molar-refractivity contribution in [2.75, 3.05) is 30.3 Å². The third-order valence-corrected chi connectivity index (χ3v) is 7.80. The first-order valence-electron chi connectivity index (χ1n) is 11.3. The van der Waals surface area contributed by atoms with Crippen molar-refractivity contribution in [2.45, 2.75) is 52.0 Å². The number of halogens is 2. The Labute approximate surface area is 214 Å². The molecule has 15 heteroatoms. The lowest BCUT2D eigenvalue weighted by Crippen LogP contribution is -2.42. The highest BCUT2D eigenvalue weighted by atomic mass is 32.2. The lowest BCUT2D eigenvalue weighted by Gasteiger charge is -2.34. The van der Waals surface area contributed by atoms with E-state index in [-0.39, 0.29) is 54.1 Å². The molecule has 1 atom stereocenters. The van der Waals surface area contributed by atoms with Gasteiger partial charge in [0, 0.05) is 18.7 Å². The fourth-order valence-electron chi connectivity index (χ4n) is 3.67. The topological polar surface area (TPSA) is 138 Å². The molecule has 0 N–H and O–H groups in total. The number of sulfonamides is 1. The van der Waals surface area contributed by atoms with Gasteiger partial charge in [0.25, 0.3) is 20.1 Å². The van der Waals surface area contributed by atoms with Crippen LogP contribution in [0.1, 0.15) is 44.3 Å². The number of pyridine rings is 1. The van der Waals surface area contributed by atoms with E-state index < -0.39 is 43.5 Å². The van der Waals surface area contributed by atoms with E-state index in [0.29, 0.717) is 11.3 Å². The first-order valence-corrected chi connectivity index (χ1v) is 14.6. The van der Waals surface area contributed by atoms with Crippen LogP contribution in [0.3, 0.4) is 0 Å². The first kappa shape index (κ1) is 28.9. The number of rotatable bonds is 9. The van der Waals surface area contributed by atoms with Gasteiger partial charge >= 0.3 is 12.5 Å². The second kappa shape index (κ2) is 10.6. The average Bonchev–Trinajstić information content (AvgIpc) is 3.18. The van der Waals surface area contributed by atoms with Crippen LogP contribution in [0.5, 0.6) is 0 Å². The second-order valence-electron chi connectivity index (χ2n) is 10.1. The van der Waals surface area contributed by atoms with Gasteiger partial charge in [0.15, 0.2) is 0 Å². The fraction of sp³-hybridized carbons (Fsp3) is 0.591. The maximum Gasteiger partial charge on any atom is 0.333 e. The van der Waals surface area contributed by atoms with Gasteiger partial charge in [0.05, 0.1) is 49.2 Å². The summed E-state index contributed by atoms with van der Waals surface area (Å²) in [6, 6.07) is 1.48. The number of fused-ring (bicyclic) bond motifs is 1. The molecular weight excluding hydrogens is 534 g/mol. The van der Waals surface area contributed by atoms with Crippen LogP contribution in [0.15, 0.2) is 23.4 Å². The highest BCUT2D eigenvalue weighted by Crippen LogP contribution is 2.35. The molecule has 0 saturated carbocycles. The highest BCUT2D eigenvalue weighted by molar-refractivity contribution is 7.92. The Morgan fingerprint density at radius 1 is 1.24 bits per heavy atom. The summed E-state index contributed by atoms with van der Waals surface area (Å²) < 4.78 is 88.0. The smallest absolute Gasteiger partial charge is 0.333 e. The first-order chi connectivity index (χ1) is 17.0. The van der Waals surface area contributed by atoms with Crippen molar-refractivity contribution in [3.8, 4) is 0 Å². The van der Waals surface area contributed by atoms with E-state index in [1.165, 1.54) is 19.2 Å². The van der Waals surface area contributed by atoms with Crippen molar-refractivity contribution in [3.63, 3.8) is 0 Å². The van der Waals surface area contributed by atoms with Crippen LogP contribution in [0.4, 0.5) is 14.5 Å². The fourth-order valence-corrected chi connectivity index (χ4v) is 5.83. The molecule has 0 radical (unpaired) electrons. The molecule has 11 nitrogen and oxygen atoms in total. The molecule has 0 unspecified atom stereocenters. The summed E-state index contributed by atoms with van der Waals surface area (Å²) in [7, 11) is -8.22. The van der Waals surface area contributed by atoms with Crippen LogP contribution >= 0.6 is 0 Å². The zero-order valence-corrected chi connectivity index (χ0v) is 22.8. The Morgan fingerprint density at radius 3 is 2.49 bits per heavy atom. The van der Waals surface area contributed by atoms with Crippen molar-refractivity contribution in [2.24, 2.45) is 11.3 Å². The number of hydrogen-bond acceptors (Lipinski definition) is 9. The van der Waals surface area contributed by atoms with E-state index in [1.54, 1.807) is 0 Å². The zero-order chi connectivity index (χ0) is 27.8. The van der Waals surface area contributed by atoms with Gasteiger partial charge < -0.3 is 4.74 Å². The highest BCUT2D eigenvalue weighted by Gasteiger charge is 2.37. The third-order valence-electron chi connectivity index (χ3n) is 5.35. The number of esters is 1. The zero-order valence-electron chi connectivity index (χ0n) is 21.1. The van der Waals surface area contributed by atoms with Gasteiger partial charge in [-0.05, 0) is 30.4 Å². The van der Waals surface area contributed by atoms with Crippen LogP contribution in [0.2, 0.25) is 0 Å². The van der Waals surface area contributed by atoms with E-state index in [2.05, 4.69) is 10.1 Å². The number of aryl methyl sites for hydroxylation is 1. The molecule has 0 saturated heterocycles. The number of alkyl halides is 2. The standard InChI is InChI=1S/C22H30F2N4O7S2/c1-14-19(11-27(26-14)21(23)24)37(32,33)28-10-16(12-35-36(5,30)31)6-17-18(28)7-15(9-25-17)8-20(29)34-13-22(2,3)4/h7,9,11,16,21H,6,8,10,12-13H2,1-5H3/t16-/m1/s1. The number of hydrogen-bond donors (Lipinski definition) is 0. The molecule has 3 heterocycles. The van der Waals surface area contributed by atoms with E-state index in [9.17, 15) is 30.4 Å². The van der Waals surface area contributed by atoms with E-state index in [4.69, 9.17) is 8.92 Å². The lowest BCUT2D eigenvalue weighted by molar-refractivity contribution is -0.145. The van der Waals surface area contributed by atoms with E-state index in [0.717, 1.165) is 16.8 Å². The summed E-state index contributed by atoms with van der Waals surface area (Å²) in [6.45, 7) is 3.66. The van der Waals surface area contributed by atoms with Crippen molar-refractivity contribution >= 4 is 31.8 Å². The SMILES string of the molecule is Cc1nn(C(F)F)cc1S(=O)(=O)N1C[C@H](COS(C)(=O)=O)Cc2ncc(CC(=O)OCC(C)(C)C)cc21. The minimum absolute atomic E-state index is 0.133. The van der Waals surface area contributed by atoms with Crippen LogP contribution in [0.25, 0.3) is 0 Å². The number of carbonyl (C=O) groups is 1. The summed E-state index contributed by atoms with van der Waals surface area (Å²) in [5.41, 5.74) is 0.497. The minimum atomic E-state index is -4.42. The molecule has 0 bridgehead atoms. The normalized spacial score (nSPS) is 16.6. The molecule has 206 valence electrons. The minimum Gasteiger partial charge on any atom is -0.465 e. The third kappa shape index (κ3) is 7.45. The van der Waals surface area contributed by atoms with Crippen LogP contribution in [-0.2, 0) is 46.7 Å². The molecule has 37 heavy (non-hydrogen) atoms. The molecule has 1 aliphatic rings. The van der Waals surface area contributed by atoms with Crippen LogP contribution in [0, 0.1) is 18.3 Å². The summed E-state index contributed by atoms with van der Waals surface area (Å²) in [6.07, 6.45) is 3.08. The Morgan fingerprint density at radius 2 is 1.92 bits per heavy atom. The summed E-state index contributed by atoms with van der Waals surface area (Å²) >= 11 is 0. The Balaban J connectivity index is 1.99. The van der Waals surface area contributed by atoms with Crippen molar-refractivity contribution in [1.82, 2.24) is 14.8 Å². The number of aromatic nitrogens is 3. The molecule has 2 aromatic heterocycles. The number of anilines is 1. The quantitative estimate of drug-likeness (QED) is 0.332. The van der Waals surface area contributed by atoms with Crippen molar-refractivity contribution in [3.05, 3.63) is 35.4 Å². The van der Waals surface area contributed by atoms with Gasteiger partial charge in [-0.3, -0.25) is 18.3 Å². The Hall–Kier alpha value is -2.65. The Kier molecular flexibility index (Phi) is 8.29. The number of nitrogens with zero attached hydrogens (tertiary/aromatic N) is 4. The second-order valence-corrected chi connectivity index (χ2v) is 13.6. The Bertz CT molecular complexity index is 1370. The summed E-state index contributed by atoms with van der Waals surface area (Å²) in [5.74, 6) is -1.12. The molecule has 0 spiro atoms. The van der Waals surface area contributed by atoms with Gasteiger partial charge in [-0.15, -0.1) is 0 Å². The van der Waals surface area contributed by atoms with Gasteiger partial charge in [-0.2, -0.15) is 22.3 Å². The largest absolute Gasteiger partial charge is 0.465 e. The van der Waals surface area contributed by atoms with E-state index in [1.807, 2.05) is 20.8 Å². The molecule has 0 fully saturated rings. The lowest BCUT2D eigenvalue weighted by atomic mass is 9.97. The van der Waals surface area contributed by atoms with E-state index >= 15 is 0 Å². The molecule has 1 aliphatic heterocycles. The number of carbonyl (C=O) groups excluding carboxylic acids is 1. The molecule has 0 amide bonds. The molecule has 0 aromatic carbocycles. The summed E-state index contributed by atoms with van der Waals surface area (Å²) in [5, 5.41) is 3.59. The van der Waals surface area contributed by atoms with Crippen LogP contribution in [-0.4, -0.2) is 63.6 Å². The molecule has 3 rings (SSSR count). The maximum absolute atomic E-state index is 13.6. The predicted molar refractivity (Wildman–Crippen MR) is 129 cm³/mol. The average molecular weight is 565 g/mol. The predicted octanol–water partition coefficient (Wildman–Crippen LogP) is 2.46. The number of ether oxygens (including phenoxy) is 1. The molecule has 2 aromatic rings. The van der Waals surface area contributed by atoms with Gasteiger partial charge in [0.1, 0.15) is 4.90 Å². The maximum atomic E-state index is 13.6. The van der Waals surface area contributed by atoms with Gasteiger partial charge in [-0.25, -0.2) is 13.1 Å². The van der Waals surface area contributed by atoms with Crippen molar-refractivity contribution in [1.29, 1.82) is 0 Å². The van der Waals surface area contributed by atoms with Gasteiger partial charge in [-0.1, -0.05) is 20.8 Å². The van der Waals surface area contributed by atoms with Crippen molar-refractivity contribution < 1.29 is 39.3 Å². The molecular formula is C22H30F2N4O7S2.